The fourth-order valence-electron chi connectivity index (χ4n) is 1.49. The Morgan fingerprint density at radius 1 is 1.73 bits per heavy atom. The van der Waals surface area contributed by atoms with E-state index in [-0.39, 0.29) is 11.9 Å². The summed E-state index contributed by atoms with van der Waals surface area (Å²) in [7, 11) is 0. The summed E-state index contributed by atoms with van der Waals surface area (Å²) in [5.41, 5.74) is 5.25. The minimum absolute atomic E-state index is 0.0367. The van der Waals surface area contributed by atoms with Crippen molar-refractivity contribution in [3.63, 3.8) is 0 Å². The molecule has 0 spiro atoms. The van der Waals surface area contributed by atoms with E-state index >= 15 is 0 Å². The molecular weight excluding hydrogens is 192 g/mol. The molecule has 2 unspecified atom stereocenters. The van der Waals surface area contributed by atoms with Crippen LogP contribution in [0, 0.1) is 17.3 Å². The first-order chi connectivity index (χ1) is 7.11. The molecule has 0 aromatic carbocycles. The van der Waals surface area contributed by atoms with Crippen molar-refractivity contribution in [1.82, 2.24) is 5.32 Å². The average molecular weight is 210 g/mol. The molecule has 1 aliphatic rings. The van der Waals surface area contributed by atoms with E-state index < -0.39 is 5.41 Å². The van der Waals surface area contributed by atoms with E-state index in [9.17, 15) is 4.79 Å². The molecule has 0 saturated carbocycles. The van der Waals surface area contributed by atoms with Crippen LogP contribution in [0.2, 0.25) is 0 Å². The second-order valence-electron chi connectivity index (χ2n) is 3.97. The smallest absolute Gasteiger partial charge is 0.229 e. The van der Waals surface area contributed by atoms with E-state index in [4.69, 9.17) is 10.5 Å². The SMILES string of the molecule is CC#CCCNC(=O)C1(C)COCC1N. The quantitative estimate of drug-likeness (QED) is 0.504. The molecule has 1 heterocycles. The lowest BCUT2D eigenvalue weighted by Gasteiger charge is -2.25. The fraction of sp³-hybridized carbons (Fsp3) is 0.727. The number of amides is 1. The molecule has 2 atom stereocenters. The van der Waals surface area contributed by atoms with E-state index in [1.807, 2.05) is 6.92 Å². The van der Waals surface area contributed by atoms with Crippen LogP contribution in [0.15, 0.2) is 0 Å². The Balaban J connectivity index is 2.41. The lowest BCUT2D eigenvalue weighted by molar-refractivity contribution is -0.130. The standard InChI is InChI=1S/C11H18N2O2/c1-3-4-5-6-13-10(14)11(2)8-15-7-9(11)12/h9H,5-8,12H2,1-2H3,(H,13,14). The van der Waals surface area contributed by atoms with Gasteiger partial charge in [0, 0.05) is 19.0 Å². The number of nitrogens with two attached hydrogens (primary N) is 1. The van der Waals surface area contributed by atoms with Gasteiger partial charge in [0.05, 0.1) is 18.6 Å². The average Bonchev–Trinajstić information content (AvgIpc) is 2.55. The Hall–Kier alpha value is -1.05. The van der Waals surface area contributed by atoms with Crippen molar-refractivity contribution in [2.75, 3.05) is 19.8 Å². The summed E-state index contributed by atoms with van der Waals surface area (Å²) in [6.07, 6.45) is 0.675. The monoisotopic (exact) mass is 210 g/mol. The Labute approximate surface area is 90.5 Å². The summed E-state index contributed by atoms with van der Waals surface area (Å²) in [6, 6.07) is -0.213. The van der Waals surface area contributed by atoms with Crippen LogP contribution in [0.25, 0.3) is 0 Å². The van der Waals surface area contributed by atoms with E-state index in [1.165, 1.54) is 0 Å². The van der Waals surface area contributed by atoms with E-state index in [0.717, 1.165) is 0 Å². The molecule has 1 aliphatic heterocycles. The van der Waals surface area contributed by atoms with Crippen LogP contribution in [-0.2, 0) is 9.53 Å². The van der Waals surface area contributed by atoms with Gasteiger partial charge < -0.3 is 15.8 Å². The molecule has 0 aromatic heterocycles. The molecule has 0 radical (unpaired) electrons. The highest BCUT2D eigenvalue weighted by Gasteiger charge is 2.43. The highest BCUT2D eigenvalue weighted by molar-refractivity contribution is 5.83. The molecule has 15 heavy (non-hydrogen) atoms. The van der Waals surface area contributed by atoms with Gasteiger partial charge in [-0.05, 0) is 13.8 Å². The van der Waals surface area contributed by atoms with Gasteiger partial charge in [-0.3, -0.25) is 4.79 Å². The first-order valence-electron chi connectivity index (χ1n) is 5.12. The second kappa shape index (κ2) is 5.15. The number of ether oxygens (including phenoxy) is 1. The Morgan fingerprint density at radius 2 is 2.47 bits per heavy atom. The summed E-state index contributed by atoms with van der Waals surface area (Å²) in [4.78, 5) is 11.8. The van der Waals surface area contributed by atoms with E-state index in [2.05, 4.69) is 17.2 Å². The van der Waals surface area contributed by atoms with Gasteiger partial charge in [0.15, 0.2) is 0 Å². The zero-order valence-electron chi connectivity index (χ0n) is 9.30. The third-order valence-corrected chi connectivity index (χ3v) is 2.75. The summed E-state index contributed by atoms with van der Waals surface area (Å²) in [5, 5.41) is 2.83. The van der Waals surface area contributed by atoms with Crippen LogP contribution in [0.3, 0.4) is 0 Å². The number of nitrogens with one attached hydrogen (secondary N) is 1. The molecule has 3 N–H and O–H groups in total. The van der Waals surface area contributed by atoms with Gasteiger partial charge in [0.1, 0.15) is 0 Å². The van der Waals surface area contributed by atoms with Gasteiger partial charge in [-0.25, -0.2) is 0 Å². The molecule has 1 rings (SSSR count). The number of carbonyl (C=O) groups is 1. The van der Waals surface area contributed by atoms with Crippen LogP contribution in [0.4, 0.5) is 0 Å². The highest BCUT2D eigenvalue weighted by atomic mass is 16.5. The molecule has 0 aliphatic carbocycles. The maximum absolute atomic E-state index is 11.8. The largest absolute Gasteiger partial charge is 0.379 e. The van der Waals surface area contributed by atoms with E-state index in [0.29, 0.717) is 26.2 Å². The fourth-order valence-corrected chi connectivity index (χ4v) is 1.49. The predicted molar refractivity (Wildman–Crippen MR) is 58.0 cm³/mol. The summed E-state index contributed by atoms with van der Waals surface area (Å²) < 4.78 is 5.21. The van der Waals surface area contributed by atoms with Crippen molar-refractivity contribution < 1.29 is 9.53 Å². The maximum atomic E-state index is 11.8. The molecule has 4 heteroatoms. The van der Waals surface area contributed by atoms with Crippen molar-refractivity contribution >= 4 is 5.91 Å². The number of rotatable bonds is 3. The molecule has 1 amide bonds. The molecule has 1 fully saturated rings. The van der Waals surface area contributed by atoms with Crippen LogP contribution >= 0.6 is 0 Å². The van der Waals surface area contributed by atoms with Crippen molar-refractivity contribution in [2.45, 2.75) is 26.3 Å². The first kappa shape index (κ1) is 12.0. The van der Waals surface area contributed by atoms with Gasteiger partial charge in [-0.1, -0.05) is 0 Å². The van der Waals surface area contributed by atoms with Crippen LogP contribution < -0.4 is 11.1 Å². The molecule has 4 nitrogen and oxygen atoms in total. The zero-order valence-corrected chi connectivity index (χ0v) is 9.30. The summed E-state index contributed by atoms with van der Waals surface area (Å²) in [5.74, 6) is 5.63. The molecule has 0 bridgehead atoms. The number of hydrogen-bond donors (Lipinski definition) is 2. The lowest BCUT2D eigenvalue weighted by Crippen LogP contribution is -2.50. The minimum atomic E-state index is -0.584. The van der Waals surface area contributed by atoms with Crippen molar-refractivity contribution in [3.8, 4) is 11.8 Å². The predicted octanol–water partition coefficient (Wildman–Crippen LogP) is -0.120. The van der Waals surface area contributed by atoms with Crippen molar-refractivity contribution in [2.24, 2.45) is 11.1 Å². The van der Waals surface area contributed by atoms with Crippen LogP contribution in [0.1, 0.15) is 20.3 Å². The summed E-state index contributed by atoms with van der Waals surface area (Å²) in [6.45, 7) is 5.05. The normalized spacial score (nSPS) is 29.4. The van der Waals surface area contributed by atoms with Gasteiger partial charge in [-0.2, -0.15) is 0 Å². The van der Waals surface area contributed by atoms with E-state index in [1.54, 1.807) is 6.92 Å². The third-order valence-electron chi connectivity index (χ3n) is 2.75. The second-order valence-corrected chi connectivity index (χ2v) is 3.97. The number of hydrogen-bond acceptors (Lipinski definition) is 3. The lowest BCUT2D eigenvalue weighted by atomic mass is 9.85. The van der Waals surface area contributed by atoms with Crippen LogP contribution in [0.5, 0.6) is 0 Å². The maximum Gasteiger partial charge on any atom is 0.229 e. The topological polar surface area (TPSA) is 64.3 Å². The third kappa shape index (κ3) is 2.71. The van der Waals surface area contributed by atoms with Crippen LogP contribution in [-0.4, -0.2) is 31.7 Å². The van der Waals surface area contributed by atoms with Crippen molar-refractivity contribution in [1.29, 1.82) is 0 Å². The molecular formula is C11H18N2O2. The first-order valence-corrected chi connectivity index (χ1v) is 5.12. The molecule has 1 saturated heterocycles. The molecule has 84 valence electrons. The zero-order chi connectivity index (χ0) is 11.3. The minimum Gasteiger partial charge on any atom is -0.379 e. The van der Waals surface area contributed by atoms with Gasteiger partial charge in [-0.15, -0.1) is 11.8 Å². The Bertz CT molecular complexity index is 293. The Morgan fingerprint density at radius 3 is 3.00 bits per heavy atom. The van der Waals surface area contributed by atoms with Gasteiger partial charge in [0.25, 0.3) is 0 Å². The van der Waals surface area contributed by atoms with Crippen molar-refractivity contribution in [3.05, 3.63) is 0 Å². The van der Waals surface area contributed by atoms with Gasteiger partial charge >= 0.3 is 0 Å². The highest BCUT2D eigenvalue weighted by Crippen LogP contribution is 2.26. The number of carbonyl (C=O) groups excluding carboxylic acids is 1. The Kier molecular flexibility index (Phi) is 4.13. The summed E-state index contributed by atoms with van der Waals surface area (Å²) >= 11 is 0. The van der Waals surface area contributed by atoms with Gasteiger partial charge in [0.2, 0.25) is 5.91 Å². The molecule has 0 aromatic rings.